The number of rotatable bonds is 3. The van der Waals surface area contributed by atoms with E-state index in [-0.39, 0.29) is 11.7 Å². The molecule has 2 aromatic rings. The molecule has 0 amide bonds. The highest BCUT2D eigenvalue weighted by Crippen LogP contribution is 2.33. The maximum absolute atomic E-state index is 13.1. The van der Waals surface area contributed by atoms with Gasteiger partial charge >= 0.3 is 0 Å². The van der Waals surface area contributed by atoms with Gasteiger partial charge in [0.05, 0.1) is 9.26 Å². The molecule has 0 radical (unpaired) electrons. The fourth-order valence-electron chi connectivity index (χ4n) is 2.09. The highest BCUT2D eigenvalue weighted by Gasteiger charge is 2.28. The van der Waals surface area contributed by atoms with Gasteiger partial charge in [-0.05, 0) is 60.1 Å². The van der Waals surface area contributed by atoms with E-state index in [1.54, 1.807) is 12.1 Å². The Balaban J connectivity index is 2.56. The van der Waals surface area contributed by atoms with Gasteiger partial charge in [0.15, 0.2) is 0 Å². The van der Waals surface area contributed by atoms with Crippen molar-refractivity contribution in [3.05, 3.63) is 55.9 Å². The number of halogens is 3. The lowest BCUT2D eigenvalue weighted by Crippen LogP contribution is -2.24. The summed E-state index contributed by atoms with van der Waals surface area (Å²) in [6.45, 7) is 8.19. The minimum atomic E-state index is -0.439. The molecule has 112 valence electrons. The summed E-state index contributed by atoms with van der Waals surface area (Å²) in [5, 5.41) is 0.472. The topological polar surface area (TPSA) is 25.8 Å². The lowest BCUT2D eigenvalue weighted by atomic mass is 9.83. The highest BCUT2D eigenvalue weighted by molar-refractivity contribution is 14.1. The number of benzene rings is 1. The number of hydrogen-bond donors (Lipinski definition) is 0. The molecule has 1 aromatic heterocycles. The van der Waals surface area contributed by atoms with E-state index in [0.29, 0.717) is 11.0 Å². The Hall–Kier alpha value is -0.750. The molecule has 0 fully saturated rings. The van der Waals surface area contributed by atoms with Crippen LogP contribution in [0, 0.1) is 9.39 Å². The quantitative estimate of drug-likeness (QED) is 0.498. The molecule has 0 spiro atoms. The first-order valence-electron chi connectivity index (χ1n) is 6.73. The average Bonchev–Trinajstić information content (AvgIpc) is 2.41. The number of nitrogens with zero attached hydrogens (tertiary/aromatic N) is 2. The summed E-state index contributed by atoms with van der Waals surface area (Å²) in [6, 6.07) is 6.43. The van der Waals surface area contributed by atoms with Crippen LogP contribution in [0.3, 0.4) is 0 Å². The molecule has 0 atom stereocenters. The van der Waals surface area contributed by atoms with Crippen LogP contribution in [-0.2, 0) is 5.41 Å². The number of hydrogen-bond acceptors (Lipinski definition) is 2. The van der Waals surface area contributed by atoms with E-state index >= 15 is 0 Å². The highest BCUT2D eigenvalue weighted by atomic mass is 127. The van der Waals surface area contributed by atoms with Gasteiger partial charge in [-0.15, -0.1) is 0 Å². The van der Waals surface area contributed by atoms with E-state index in [0.717, 1.165) is 14.8 Å². The SMILES string of the molecule is CC(C)c1nc(C(C)(C)c2ccc(F)cc2)nc(Cl)c1I. The number of aromatic nitrogens is 2. The molecule has 0 bridgehead atoms. The smallest absolute Gasteiger partial charge is 0.146 e. The lowest BCUT2D eigenvalue weighted by Gasteiger charge is -2.25. The van der Waals surface area contributed by atoms with Crippen LogP contribution in [0.1, 0.15) is 50.7 Å². The average molecular weight is 419 g/mol. The van der Waals surface area contributed by atoms with Crippen molar-refractivity contribution < 1.29 is 4.39 Å². The van der Waals surface area contributed by atoms with Crippen molar-refractivity contribution in [2.45, 2.75) is 39.0 Å². The van der Waals surface area contributed by atoms with Gasteiger partial charge in [-0.3, -0.25) is 0 Å². The molecular formula is C16H17ClFIN2. The van der Waals surface area contributed by atoms with Gasteiger partial charge in [0, 0.05) is 5.41 Å². The molecule has 21 heavy (non-hydrogen) atoms. The molecule has 0 saturated carbocycles. The van der Waals surface area contributed by atoms with Crippen LogP contribution in [0.4, 0.5) is 4.39 Å². The minimum Gasteiger partial charge on any atom is -0.236 e. The third kappa shape index (κ3) is 3.37. The molecule has 0 saturated heterocycles. The fourth-order valence-corrected chi connectivity index (χ4v) is 3.13. The summed E-state index contributed by atoms with van der Waals surface area (Å²) in [6.07, 6.45) is 0. The van der Waals surface area contributed by atoms with Crippen molar-refractivity contribution in [3.8, 4) is 0 Å². The van der Waals surface area contributed by atoms with E-state index in [2.05, 4.69) is 41.4 Å². The van der Waals surface area contributed by atoms with Gasteiger partial charge in [0.25, 0.3) is 0 Å². The van der Waals surface area contributed by atoms with Gasteiger partial charge in [-0.1, -0.05) is 37.6 Å². The molecule has 0 N–H and O–H groups in total. The minimum absolute atomic E-state index is 0.251. The Labute approximate surface area is 143 Å². The predicted octanol–water partition coefficient (Wildman–Crippen LogP) is 5.32. The van der Waals surface area contributed by atoms with Crippen LogP contribution >= 0.6 is 34.2 Å². The standard InChI is InChI=1S/C16H17ClFIN2/c1-9(2)13-12(19)14(17)21-15(20-13)16(3,4)10-5-7-11(18)8-6-10/h5-9H,1-4H3. The monoisotopic (exact) mass is 418 g/mol. The third-order valence-electron chi connectivity index (χ3n) is 3.51. The molecule has 0 aliphatic heterocycles. The Bertz CT molecular complexity index is 654. The molecule has 2 nitrogen and oxygen atoms in total. The van der Waals surface area contributed by atoms with Gasteiger partial charge in [-0.25, -0.2) is 14.4 Å². The largest absolute Gasteiger partial charge is 0.236 e. The molecular weight excluding hydrogens is 402 g/mol. The van der Waals surface area contributed by atoms with E-state index in [9.17, 15) is 4.39 Å². The van der Waals surface area contributed by atoms with Gasteiger partial charge in [-0.2, -0.15) is 0 Å². The summed E-state index contributed by atoms with van der Waals surface area (Å²) in [4.78, 5) is 9.15. The molecule has 5 heteroatoms. The van der Waals surface area contributed by atoms with Crippen LogP contribution in [0.25, 0.3) is 0 Å². The van der Waals surface area contributed by atoms with Crippen LogP contribution in [0.15, 0.2) is 24.3 Å². The summed E-state index contributed by atoms with van der Waals surface area (Å²) in [5.41, 5.74) is 1.46. The Morgan fingerprint density at radius 3 is 2.24 bits per heavy atom. The zero-order chi connectivity index (χ0) is 15.8. The van der Waals surface area contributed by atoms with E-state index in [1.807, 2.05) is 13.8 Å². The first-order chi connectivity index (χ1) is 9.73. The summed E-state index contributed by atoms with van der Waals surface area (Å²) >= 11 is 8.44. The van der Waals surface area contributed by atoms with E-state index < -0.39 is 5.41 Å². The zero-order valence-corrected chi connectivity index (χ0v) is 15.3. The first kappa shape index (κ1) is 16.6. The summed E-state index contributed by atoms with van der Waals surface area (Å²) < 4.78 is 14.0. The summed E-state index contributed by atoms with van der Waals surface area (Å²) in [5.74, 6) is 0.669. The van der Waals surface area contributed by atoms with Crippen molar-refractivity contribution in [1.82, 2.24) is 9.97 Å². The molecule has 0 aliphatic rings. The molecule has 1 aromatic carbocycles. The predicted molar refractivity (Wildman–Crippen MR) is 92.4 cm³/mol. The van der Waals surface area contributed by atoms with E-state index in [1.165, 1.54) is 12.1 Å². The third-order valence-corrected chi connectivity index (χ3v) is 5.16. The van der Waals surface area contributed by atoms with Crippen molar-refractivity contribution in [2.75, 3.05) is 0 Å². The Morgan fingerprint density at radius 2 is 1.71 bits per heavy atom. The van der Waals surface area contributed by atoms with Gasteiger partial charge < -0.3 is 0 Å². The van der Waals surface area contributed by atoms with Crippen molar-refractivity contribution in [2.24, 2.45) is 0 Å². The molecule has 0 unspecified atom stereocenters. The van der Waals surface area contributed by atoms with Crippen LogP contribution in [-0.4, -0.2) is 9.97 Å². The second-order valence-electron chi connectivity index (χ2n) is 5.82. The maximum atomic E-state index is 13.1. The van der Waals surface area contributed by atoms with Gasteiger partial charge in [0.2, 0.25) is 0 Å². The van der Waals surface area contributed by atoms with Crippen LogP contribution < -0.4 is 0 Å². The second kappa shape index (κ2) is 6.16. The molecule has 1 heterocycles. The zero-order valence-electron chi connectivity index (χ0n) is 12.4. The second-order valence-corrected chi connectivity index (χ2v) is 7.26. The summed E-state index contributed by atoms with van der Waals surface area (Å²) in [7, 11) is 0. The van der Waals surface area contributed by atoms with Crippen molar-refractivity contribution >= 4 is 34.2 Å². The van der Waals surface area contributed by atoms with Gasteiger partial charge in [0.1, 0.15) is 16.8 Å². The maximum Gasteiger partial charge on any atom is 0.146 e. The molecule has 2 rings (SSSR count). The van der Waals surface area contributed by atoms with E-state index in [4.69, 9.17) is 16.6 Å². The van der Waals surface area contributed by atoms with Crippen molar-refractivity contribution in [3.63, 3.8) is 0 Å². The Kier molecular flexibility index (Phi) is 4.88. The fraction of sp³-hybridized carbons (Fsp3) is 0.375. The first-order valence-corrected chi connectivity index (χ1v) is 8.18. The van der Waals surface area contributed by atoms with Crippen LogP contribution in [0.5, 0.6) is 0 Å². The van der Waals surface area contributed by atoms with Crippen molar-refractivity contribution in [1.29, 1.82) is 0 Å². The lowest BCUT2D eigenvalue weighted by molar-refractivity contribution is 0.574. The van der Waals surface area contributed by atoms with Crippen LogP contribution in [0.2, 0.25) is 5.15 Å². The Morgan fingerprint density at radius 1 is 1.14 bits per heavy atom. The molecule has 0 aliphatic carbocycles. The normalized spacial score (nSPS) is 12.0.